The molecule has 0 fully saturated rings. The largest absolute Gasteiger partial charge is 0.506 e. The lowest BCUT2D eigenvalue weighted by Crippen LogP contribution is -1.81. The van der Waals surface area contributed by atoms with Gasteiger partial charge in [0.2, 0.25) is 0 Å². The fraction of sp³-hybridized carbons (Fsp3) is 0.0769. The molecule has 17 heavy (non-hydrogen) atoms. The van der Waals surface area contributed by atoms with Crippen LogP contribution in [0.5, 0.6) is 11.5 Å². The lowest BCUT2D eigenvalue weighted by Gasteiger charge is -2.02. The molecule has 0 aliphatic heterocycles. The highest BCUT2D eigenvalue weighted by Gasteiger charge is 2.00. The van der Waals surface area contributed by atoms with Gasteiger partial charge in [0, 0.05) is 0 Å². The van der Waals surface area contributed by atoms with Gasteiger partial charge in [0.15, 0.2) is 0 Å². The van der Waals surface area contributed by atoms with Gasteiger partial charge in [-0.2, -0.15) is 0 Å². The molecule has 2 rings (SSSR count). The number of hydrogen-bond acceptors (Lipinski definition) is 4. The van der Waals surface area contributed by atoms with Gasteiger partial charge in [-0.05, 0) is 24.3 Å². The normalized spacial score (nSPS) is 10.6. The summed E-state index contributed by atoms with van der Waals surface area (Å²) in [6.45, 7) is 0. The molecule has 4 heteroatoms. The van der Waals surface area contributed by atoms with Crippen molar-refractivity contribution in [3.05, 3.63) is 48.5 Å². The van der Waals surface area contributed by atoms with Crippen molar-refractivity contribution in [2.24, 2.45) is 10.2 Å². The molecular formula is C13H12N2O2. The first-order valence-corrected chi connectivity index (χ1v) is 5.14. The molecule has 1 N–H and O–H groups in total. The summed E-state index contributed by atoms with van der Waals surface area (Å²) >= 11 is 0. The van der Waals surface area contributed by atoms with E-state index in [9.17, 15) is 5.11 Å². The summed E-state index contributed by atoms with van der Waals surface area (Å²) in [6.07, 6.45) is 0. The van der Waals surface area contributed by atoms with E-state index in [4.69, 9.17) is 4.74 Å². The summed E-state index contributed by atoms with van der Waals surface area (Å²) in [4.78, 5) is 0. The summed E-state index contributed by atoms with van der Waals surface area (Å²) in [6, 6.07) is 14.1. The number of methoxy groups -OCH3 is 1. The first-order chi connectivity index (χ1) is 8.31. The lowest BCUT2D eigenvalue weighted by molar-refractivity contribution is 0.416. The minimum absolute atomic E-state index is 0.103. The number of phenolic OH excluding ortho intramolecular Hbond substituents is 1. The number of ether oxygens (including phenoxy) is 1. The predicted octanol–water partition coefficient (Wildman–Crippen LogP) is 3.82. The molecule has 0 spiro atoms. The van der Waals surface area contributed by atoms with Crippen molar-refractivity contribution in [1.82, 2.24) is 0 Å². The number of nitrogens with zero attached hydrogens (tertiary/aromatic N) is 2. The first kappa shape index (κ1) is 11.1. The second kappa shape index (κ2) is 5.12. The zero-order valence-electron chi connectivity index (χ0n) is 9.37. The van der Waals surface area contributed by atoms with Crippen LogP contribution in [0.15, 0.2) is 58.8 Å². The van der Waals surface area contributed by atoms with Gasteiger partial charge in [-0.1, -0.05) is 24.3 Å². The molecule has 0 bridgehead atoms. The minimum Gasteiger partial charge on any atom is -0.506 e. The highest BCUT2D eigenvalue weighted by Crippen LogP contribution is 2.31. The summed E-state index contributed by atoms with van der Waals surface area (Å²) in [5, 5.41) is 17.6. The zero-order chi connectivity index (χ0) is 12.1. The highest BCUT2D eigenvalue weighted by molar-refractivity contribution is 5.53. The monoisotopic (exact) mass is 228 g/mol. The molecule has 0 aromatic heterocycles. The van der Waals surface area contributed by atoms with Crippen molar-refractivity contribution in [3.63, 3.8) is 0 Å². The maximum absolute atomic E-state index is 9.53. The van der Waals surface area contributed by atoms with Gasteiger partial charge >= 0.3 is 0 Å². The van der Waals surface area contributed by atoms with Gasteiger partial charge in [0.1, 0.15) is 22.9 Å². The van der Waals surface area contributed by atoms with Gasteiger partial charge in [-0.15, -0.1) is 10.2 Å². The van der Waals surface area contributed by atoms with E-state index in [1.807, 2.05) is 12.1 Å². The molecule has 0 amide bonds. The summed E-state index contributed by atoms with van der Waals surface area (Å²) in [5.41, 5.74) is 1.05. The predicted molar refractivity (Wildman–Crippen MR) is 65.3 cm³/mol. The van der Waals surface area contributed by atoms with Crippen LogP contribution in [-0.4, -0.2) is 12.2 Å². The number of hydrogen-bond donors (Lipinski definition) is 1. The third kappa shape index (κ3) is 2.60. The SMILES string of the molecule is COc1ccccc1/N=N/c1ccccc1O. The fourth-order valence-corrected chi connectivity index (χ4v) is 1.37. The summed E-state index contributed by atoms with van der Waals surface area (Å²) in [5.74, 6) is 0.748. The minimum atomic E-state index is 0.103. The fourth-order valence-electron chi connectivity index (χ4n) is 1.37. The quantitative estimate of drug-likeness (QED) is 0.812. The van der Waals surface area contributed by atoms with Gasteiger partial charge in [-0.3, -0.25) is 0 Å². The number of benzene rings is 2. The number of aromatic hydroxyl groups is 1. The van der Waals surface area contributed by atoms with Crippen molar-refractivity contribution in [2.45, 2.75) is 0 Å². The van der Waals surface area contributed by atoms with Crippen LogP contribution in [-0.2, 0) is 0 Å². The maximum Gasteiger partial charge on any atom is 0.146 e. The van der Waals surface area contributed by atoms with Crippen LogP contribution >= 0.6 is 0 Å². The number of para-hydroxylation sites is 2. The van der Waals surface area contributed by atoms with Crippen LogP contribution in [0.1, 0.15) is 0 Å². The van der Waals surface area contributed by atoms with Crippen molar-refractivity contribution in [3.8, 4) is 11.5 Å². The lowest BCUT2D eigenvalue weighted by atomic mass is 10.3. The van der Waals surface area contributed by atoms with Crippen molar-refractivity contribution in [2.75, 3.05) is 7.11 Å². The van der Waals surface area contributed by atoms with E-state index >= 15 is 0 Å². The summed E-state index contributed by atoms with van der Waals surface area (Å²) < 4.78 is 5.15. The molecule has 0 unspecified atom stereocenters. The Morgan fingerprint density at radius 1 is 0.882 bits per heavy atom. The van der Waals surface area contributed by atoms with E-state index in [0.717, 1.165) is 0 Å². The second-order valence-electron chi connectivity index (χ2n) is 3.36. The molecule has 86 valence electrons. The van der Waals surface area contributed by atoms with Crippen LogP contribution in [0.2, 0.25) is 0 Å². The van der Waals surface area contributed by atoms with E-state index in [2.05, 4.69) is 10.2 Å². The van der Waals surface area contributed by atoms with Crippen molar-refractivity contribution < 1.29 is 9.84 Å². The average molecular weight is 228 g/mol. The summed E-state index contributed by atoms with van der Waals surface area (Å²) in [7, 11) is 1.58. The molecule has 2 aromatic rings. The van der Waals surface area contributed by atoms with Gasteiger partial charge < -0.3 is 9.84 Å². The Morgan fingerprint density at radius 2 is 1.47 bits per heavy atom. The maximum atomic E-state index is 9.53. The second-order valence-corrected chi connectivity index (χ2v) is 3.36. The Hall–Kier alpha value is -2.36. The Kier molecular flexibility index (Phi) is 3.35. The number of rotatable bonds is 3. The van der Waals surface area contributed by atoms with Gasteiger partial charge in [-0.25, -0.2) is 0 Å². The van der Waals surface area contributed by atoms with Crippen LogP contribution in [0.4, 0.5) is 11.4 Å². The third-order valence-electron chi connectivity index (χ3n) is 2.23. The highest BCUT2D eigenvalue weighted by atomic mass is 16.5. The molecule has 4 nitrogen and oxygen atoms in total. The van der Waals surface area contributed by atoms with Crippen LogP contribution < -0.4 is 4.74 Å². The van der Waals surface area contributed by atoms with E-state index in [1.165, 1.54) is 0 Å². The average Bonchev–Trinajstić information content (AvgIpc) is 2.38. The molecule has 0 atom stereocenters. The third-order valence-corrected chi connectivity index (χ3v) is 2.23. The molecule has 0 saturated heterocycles. The zero-order valence-corrected chi connectivity index (χ0v) is 9.37. The Balaban J connectivity index is 2.29. The molecule has 0 aliphatic carbocycles. The molecule has 0 heterocycles. The van der Waals surface area contributed by atoms with E-state index < -0.39 is 0 Å². The topological polar surface area (TPSA) is 54.2 Å². The first-order valence-electron chi connectivity index (χ1n) is 5.14. The molecular weight excluding hydrogens is 216 g/mol. The Bertz CT molecular complexity index is 538. The van der Waals surface area contributed by atoms with Crippen LogP contribution in [0.3, 0.4) is 0 Å². The standard InChI is InChI=1S/C13H12N2O2/c1-17-13-9-5-3-7-11(13)15-14-10-6-2-4-8-12(10)16/h2-9,16H,1H3/b15-14+. The van der Waals surface area contributed by atoms with Crippen LogP contribution in [0.25, 0.3) is 0 Å². The Morgan fingerprint density at radius 3 is 2.18 bits per heavy atom. The Labute approximate surface area is 99.2 Å². The van der Waals surface area contributed by atoms with E-state index in [0.29, 0.717) is 17.1 Å². The van der Waals surface area contributed by atoms with Crippen molar-refractivity contribution in [1.29, 1.82) is 0 Å². The van der Waals surface area contributed by atoms with E-state index in [-0.39, 0.29) is 5.75 Å². The van der Waals surface area contributed by atoms with Crippen LogP contribution in [0, 0.1) is 0 Å². The van der Waals surface area contributed by atoms with E-state index in [1.54, 1.807) is 43.5 Å². The molecule has 2 aromatic carbocycles. The molecule has 0 aliphatic rings. The number of phenols is 1. The molecule has 0 saturated carbocycles. The molecule has 0 radical (unpaired) electrons. The smallest absolute Gasteiger partial charge is 0.146 e. The number of azo groups is 1. The van der Waals surface area contributed by atoms with Gasteiger partial charge in [0.05, 0.1) is 7.11 Å². The van der Waals surface area contributed by atoms with Gasteiger partial charge in [0.25, 0.3) is 0 Å². The van der Waals surface area contributed by atoms with Crippen molar-refractivity contribution >= 4 is 11.4 Å².